The van der Waals surface area contributed by atoms with Crippen LogP contribution in [0.25, 0.3) is 0 Å². The lowest BCUT2D eigenvalue weighted by Gasteiger charge is -2.40. The Labute approximate surface area is 171 Å². The number of pyridine rings is 1. The molecule has 1 aromatic heterocycles. The van der Waals surface area contributed by atoms with Crippen LogP contribution >= 0.6 is 11.6 Å². The van der Waals surface area contributed by atoms with Crippen molar-refractivity contribution < 1.29 is 22.4 Å². The van der Waals surface area contributed by atoms with Gasteiger partial charge in [-0.3, -0.25) is 0 Å². The molecule has 29 heavy (non-hydrogen) atoms. The summed E-state index contributed by atoms with van der Waals surface area (Å²) in [5.41, 5.74) is -1.55. The first-order valence-electron chi connectivity index (χ1n) is 8.46. The molecule has 1 aliphatic heterocycles. The molecule has 1 aromatic carbocycles. The summed E-state index contributed by atoms with van der Waals surface area (Å²) in [7, 11) is 0. The molecule has 2 amide bonds. The van der Waals surface area contributed by atoms with Crippen LogP contribution in [-0.2, 0) is 6.18 Å². The highest BCUT2D eigenvalue weighted by atomic mass is 35.5. The highest BCUT2D eigenvalue weighted by molar-refractivity contribution is 6.32. The number of anilines is 2. The molecule has 2 heterocycles. The Hall–Kier alpha value is -2.55. The number of nitrogens with one attached hydrogen (secondary N) is 1. The summed E-state index contributed by atoms with van der Waals surface area (Å²) >= 11 is 6.16. The molecule has 1 fully saturated rings. The lowest BCUT2D eigenvalue weighted by Crippen LogP contribution is -2.55. The molecule has 5 nitrogen and oxygen atoms in total. The molecule has 158 valence electrons. The first-order chi connectivity index (χ1) is 13.2. The van der Waals surface area contributed by atoms with Gasteiger partial charge >= 0.3 is 12.2 Å². The monoisotopic (exact) mass is 432 g/mol. The van der Waals surface area contributed by atoms with Gasteiger partial charge in [-0.1, -0.05) is 19.0 Å². The summed E-state index contributed by atoms with van der Waals surface area (Å²) in [4.78, 5) is 20.2. The number of aromatic nitrogens is 1. The molecule has 1 atom stereocenters. The average Bonchev–Trinajstić information content (AvgIpc) is 2.62. The highest BCUT2D eigenvalue weighted by Gasteiger charge is 2.35. The van der Waals surface area contributed by atoms with Crippen LogP contribution in [0, 0.1) is 5.82 Å². The minimum atomic E-state index is -4.84. The number of benzene rings is 1. The number of carbonyl (C=O) groups excluding carboxylic acids is 1. The van der Waals surface area contributed by atoms with Gasteiger partial charge in [-0.05, 0) is 37.3 Å². The van der Waals surface area contributed by atoms with Crippen molar-refractivity contribution in [3.05, 3.63) is 52.9 Å². The number of rotatable bonds is 2. The first-order valence-corrected chi connectivity index (χ1v) is 8.84. The highest BCUT2D eigenvalue weighted by Crippen LogP contribution is 2.33. The van der Waals surface area contributed by atoms with Gasteiger partial charge in [0.2, 0.25) is 0 Å². The second kappa shape index (κ2) is 8.86. The van der Waals surface area contributed by atoms with E-state index in [9.17, 15) is 22.4 Å². The fourth-order valence-electron chi connectivity index (χ4n) is 3.08. The molecule has 2 aromatic rings. The van der Waals surface area contributed by atoms with Crippen molar-refractivity contribution in [2.45, 2.75) is 26.6 Å². The third kappa shape index (κ3) is 5.09. The van der Waals surface area contributed by atoms with Crippen LogP contribution in [-0.4, -0.2) is 41.6 Å². The Balaban J connectivity index is 0.00000300. The molecule has 0 saturated carbocycles. The second-order valence-electron chi connectivity index (χ2n) is 6.42. The number of halogens is 5. The molecular weight excluding hydrogens is 412 g/mol. The summed E-state index contributed by atoms with van der Waals surface area (Å²) < 4.78 is 51.9. The van der Waals surface area contributed by atoms with Gasteiger partial charge in [0.1, 0.15) is 11.6 Å². The number of urea groups is 1. The lowest BCUT2D eigenvalue weighted by atomic mass is 10.1. The van der Waals surface area contributed by atoms with Crippen LogP contribution in [0.15, 0.2) is 36.5 Å². The van der Waals surface area contributed by atoms with Gasteiger partial charge in [0.25, 0.3) is 0 Å². The van der Waals surface area contributed by atoms with Crippen LogP contribution in [0.5, 0.6) is 0 Å². The van der Waals surface area contributed by atoms with Gasteiger partial charge in [0, 0.05) is 37.6 Å². The fraction of sp³-hybridized carbons (Fsp3) is 0.368. The quantitative estimate of drug-likeness (QED) is 0.657. The molecule has 1 saturated heterocycles. The Kier molecular flexibility index (Phi) is 6.94. The van der Waals surface area contributed by atoms with Crippen molar-refractivity contribution in [1.82, 2.24) is 9.88 Å². The third-order valence-corrected chi connectivity index (χ3v) is 4.74. The van der Waals surface area contributed by atoms with Gasteiger partial charge < -0.3 is 15.1 Å². The van der Waals surface area contributed by atoms with E-state index in [1.165, 1.54) is 4.90 Å². The van der Waals surface area contributed by atoms with Crippen LogP contribution in [0.3, 0.4) is 0 Å². The summed E-state index contributed by atoms with van der Waals surface area (Å²) in [6.07, 6.45) is -3.22. The normalized spacial score (nSPS) is 17.0. The van der Waals surface area contributed by atoms with E-state index >= 15 is 0 Å². The van der Waals surface area contributed by atoms with Crippen molar-refractivity contribution in [2.75, 3.05) is 29.9 Å². The van der Waals surface area contributed by atoms with E-state index in [0.29, 0.717) is 42.6 Å². The largest absolute Gasteiger partial charge is 0.419 e. The predicted molar refractivity (Wildman–Crippen MR) is 105 cm³/mol. The van der Waals surface area contributed by atoms with E-state index in [1.54, 1.807) is 18.3 Å². The number of hydrogen-bond donors (Lipinski definition) is 1. The fourth-order valence-corrected chi connectivity index (χ4v) is 3.32. The molecule has 1 N–H and O–H groups in total. The van der Waals surface area contributed by atoms with Gasteiger partial charge in [-0.15, -0.1) is 0 Å². The third-order valence-electron chi connectivity index (χ3n) is 4.45. The predicted octanol–water partition coefficient (Wildman–Crippen LogP) is 5.27. The van der Waals surface area contributed by atoms with Gasteiger partial charge in [0.05, 0.1) is 10.6 Å². The summed E-state index contributed by atoms with van der Waals surface area (Å²) in [6.45, 7) is 3.06. The molecular formula is C19H21ClF4N4O. The topological polar surface area (TPSA) is 48.5 Å². The zero-order valence-electron chi connectivity index (χ0n) is 14.8. The zero-order valence-corrected chi connectivity index (χ0v) is 15.6. The number of carbonyl (C=O) groups is 1. The molecule has 10 heteroatoms. The first kappa shape index (κ1) is 22.7. The smallest absolute Gasteiger partial charge is 0.352 e. The van der Waals surface area contributed by atoms with Crippen molar-refractivity contribution in [2.24, 2.45) is 0 Å². The number of hydrogen-bond acceptors (Lipinski definition) is 3. The maximum absolute atomic E-state index is 13.4. The summed E-state index contributed by atoms with van der Waals surface area (Å²) in [6, 6.07) is 5.01. The minimum Gasteiger partial charge on any atom is -0.352 e. The van der Waals surface area contributed by atoms with Crippen molar-refractivity contribution in [1.29, 1.82) is 0 Å². The number of nitrogens with zero attached hydrogens (tertiary/aromatic N) is 3. The van der Waals surface area contributed by atoms with E-state index < -0.39 is 23.6 Å². The van der Waals surface area contributed by atoms with Crippen molar-refractivity contribution >= 4 is 29.1 Å². The van der Waals surface area contributed by atoms with Gasteiger partial charge in [0.15, 0.2) is 0 Å². The minimum absolute atomic E-state index is 0. The van der Waals surface area contributed by atoms with Crippen LogP contribution in [0.2, 0.25) is 5.02 Å². The Bertz CT molecular complexity index is 878. The van der Waals surface area contributed by atoms with Crippen molar-refractivity contribution in [3.63, 3.8) is 0 Å². The van der Waals surface area contributed by atoms with Crippen LogP contribution < -0.4 is 10.2 Å². The maximum Gasteiger partial charge on any atom is 0.419 e. The van der Waals surface area contributed by atoms with E-state index in [-0.39, 0.29) is 19.2 Å². The molecule has 1 aliphatic rings. The molecule has 3 rings (SSSR count). The molecule has 0 spiro atoms. The summed E-state index contributed by atoms with van der Waals surface area (Å²) in [5, 5.41) is 2.91. The van der Waals surface area contributed by atoms with E-state index in [1.807, 2.05) is 11.8 Å². The molecule has 0 bridgehead atoms. The number of piperazine rings is 1. The Morgan fingerprint density at radius 2 is 2.00 bits per heavy atom. The number of amides is 2. The maximum atomic E-state index is 13.4. The number of alkyl halides is 3. The van der Waals surface area contributed by atoms with Crippen LogP contribution in [0.4, 0.5) is 33.9 Å². The SMILES string of the molecule is C.C[C@@H]1CN(c2ncccc2Cl)CCN1C(=O)Nc1ccc(F)c(C(F)(F)F)c1. The van der Waals surface area contributed by atoms with Crippen LogP contribution in [0.1, 0.15) is 19.9 Å². The standard InChI is InChI=1S/C18H17ClF4N4O.CH4/c1-11-10-26(16-14(19)3-2-6-24-16)7-8-27(11)17(28)25-12-4-5-15(20)13(9-12)18(21,22)23;/h2-6,9,11H,7-8,10H2,1H3,(H,25,28);1H4/t11-;/m1./s1. The Morgan fingerprint density at radius 3 is 2.62 bits per heavy atom. The zero-order chi connectivity index (χ0) is 20.5. The van der Waals surface area contributed by atoms with E-state index in [4.69, 9.17) is 11.6 Å². The lowest BCUT2D eigenvalue weighted by molar-refractivity contribution is -0.139. The molecule has 0 radical (unpaired) electrons. The van der Waals surface area contributed by atoms with Gasteiger partial charge in [-0.25, -0.2) is 14.2 Å². The second-order valence-corrected chi connectivity index (χ2v) is 6.83. The molecule has 0 unspecified atom stereocenters. The summed E-state index contributed by atoms with van der Waals surface area (Å²) in [5.74, 6) is -0.774. The van der Waals surface area contributed by atoms with Gasteiger partial charge in [-0.2, -0.15) is 13.2 Å². The van der Waals surface area contributed by atoms with Crippen molar-refractivity contribution in [3.8, 4) is 0 Å². The van der Waals surface area contributed by atoms with E-state index in [2.05, 4.69) is 10.3 Å². The Morgan fingerprint density at radius 1 is 1.28 bits per heavy atom. The van der Waals surface area contributed by atoms with E-state index in [0.717, 1.165) is 6.07 Å². The molecule has 0 aliphatic carbocycles. The average molecular weight is 433 g/mol.